The van der Waals surface area contributed by atoms with Gasteiger partial charge in [-0.05, 0) is 69.1 Å². The van der Waals surface area contributed by atoms with Crippen LogP contribution in [-0.4, -0.2) is 29.2 Å². The van der Waals surface area contributed by atoms with E-state index in [1.807, 2.05) is 0 Å². The molecule has 4 fully saturated rings. The average molecular weight is 342 g/mol. The zero-order valence-electron chi connectivity index (χ0n) is 13.0. The number of carbonyl (C=O) groups is 1. The first kappa shape index (κ1) is 14.9. The fourth-order valence-corrected chi connectivity index (χ4v) is 6.21. The molecule has 4 rings (SSSR count). The van der Waals surface area contributed by atoms with Gasteiger partial charge in [0, 0.05) is 18.4 Å². The van der Waals surface area contributed by atoms with Crippen molar-refractivity contribution in [3.8, 4) is 0 Å². The summed E-state index contributed by atoms with van der Waals surface area (Å²) in [5, 5.41) is 0.993. The lowest BCUT2D eigenvalue weighted by Gasteiger charge is -2.61. The van der Waals surface area contributed by atoms with Crippen molar-refractivity contribution in [2.24, 2.45) is 22.7 Å². The van der Waals surface area contributed by atoms with Gasteiger partial charge in [-0.3, -0.25) is 4.79 Å². The van der Waals surface area contributed by atoms with E-state index in [2.05, 4.69) is 34.7 Å². The first-order valence-electron chi connectivity index (χ1n) is 8.36. The molecule has 2 nitrogen and oxygen atoms in total. The lowest BCUT2D eigenvalue weighted by molar-refractivity contribution is -0.165. The summed E-state index contributed by atoms with van der Waals surface area (Å²) in [6.45, 7) is 6.38. The largest absolute Gasteiger partial charge is 0.342 e. The molecule has 0 aliphatic heterocycles. The number of hydrogen-bond acceptors (Lipinski definition) is 1. The Balaban J connectivity index is 1.79. The van der Waals surface area contributed by atoms with E-state index in [9.17, 15) is 4.79 Å². The molecule has 0 aromatic carbocycles. The fourth-order valence-electron chi connectivity index (χ4n) is 5.96. The summed E-state index contributed by atoms with van der Waals surface area (Å²) in [6, 6.07) is 0. The quantitative estimate of drug-likeness (QED) is 0.685. The Hall–Kier alpha value is -0.0500. The fraction of sp³-hybridized carbons (Fsp3) is 0.941. The Bertz CT molecular complexity index is 380. The number of halogens is 1. The predicted octanol–water partition coefficient (Wildman–Crippen LogP) is 4.23. The molecule has 0 radical (unpaired) electrons. The third-order valence-corrected chi connectivity index (χ3v) is 6.60. The monoisotopic (exact) mass is 341 g/mol. The normalized spacial score (nSPS) is 42.0. The smallest absolute Gasteiger partial charge is 0.228 e. The summed E-state index contributed by atoms with van der Waals surface area (Å²) in [7, 11) is 0. The molecular formula is C17H28BrNO. The molecule has 114 valence electrons. The van der Waals surface area contributed by atoms with E-state index in [1.54, 1.807) is 0 Å². The highest BCUT2D eigenvalue weighted by Crippen LogP contribution is 2.65. The molecular weight excluding hydrogens is 314 g/mol. The standard InChI is InChI=1S/C17H28BrNO/c1-3-19(6-4-5-18)15(20)17-10-13-7-14(11-17)9-16(2,8-13)12-17/h13-14H,3-12H2,1-2H3. The van der Waals surface area contributed by atoms with E-state index in [1.165, 1.54) is 32.1 Å². The van der Waals surface area contributed by atoms with Crippen LogP contribution in [0, 0.1) is 22.7 Å². The Morgan fingerprint density at radius 2 is 1.90 bits per heavy atom. The molecule has 4 aliphatic carbocycles. The third kappa shape index (κ3) is 2.44. The van der Waals surface area contributed by atoms with E-state index in [0.717, 1.165) is 43.1 Å². The van der Waals surface area contributed by atoms with Gasteiger partial charge in [0.05, 0.1) is 5.41 Å². The topological polar surface area (TPSA) is 20.3 Å². The number of nitrogens with zero attached hydrogens (tertiary/aromatic N) is 1. The Kier molecular flexibility index (Phi) is 3.94. The molecule has 0 spiro atoms. The summed E-state index contributed by atoms with van der Waals surface area (Å²) in [5.41, 5.74) is 0.482. The summed E-state index contributed by atoms with van der Waals surface area (Å²) in [5.74, 6) is 2.15. The second kappa shape index (κ2) is 5.30. The van der Waals surface area contributed by atoms with Crippen molar-refractivity contribution in [1.82, 2.24) is 4.90 Å². The Morgan fingerprint density at radius 3 is 2.40 bits per heavy atom. The van der Waals surface area contributed by atoms with Gasteiger partial charge in [-0.1, -0.05) is 22.9 Å². The molecule has 3 heteroatoms. The highest BCUT2D eigenvalue weighted by molar-refractivity contribution is 9.09. The molecule has 2 unspecified atom stereocenters. The minimum Gasteiger partial charge on any atom is -0.342 e. The van der Waals surface area contributed by atoms with Crippen LogP contribution in [-0.2, 0) is 4.79 Å². The van der Waals surface area contributed by atoms with Crippen molar-refractivity contribution in [3.63, 3.8) is 0 Å². The van der Waals surface area contributed by atoms with Gasteiger partial charge < -0.3 is 4.90 Å². The SMILES string of the molecule is CCN(CCCBr)C(=O)C12CC3CC(CC(C)(C3)C1)C2. The van der Waals surface area contributed by atoms with E-state index in [0.29, 0.717) is 11.3 Å². The van der Waals surface area contributed by atoms with Crippen molar-refractivity contribution in [2.45, 2.75) is 58.8 Å². The molecule has 0 aromatic rings. The van der Waals surface area contributed by atoms with Gasteiger partial charge in [-0.2, -0.15) is 0 Å². The maximum Gasteiger partial charge on any atom is 0.228 e. The van der Waals surface area contributed by atoms with Crippen LogP contribution >= 0.6 is 15.9 Å². The second-order valence-corrected chi connectivity index (χ2v) is 8.77. The molecule has 20 heavy (non-hydrogen) atoms. The van der Waals surface area contributed by atoms with Crippen molar-refractivity contribution in [2.75, 3.05) is 18.4 Å². The maximum absolute atomic E-state index is 13.2. The molecule has 0 saturated heterocycles. The van der Waals surface area contributed by atoms with E-state index in [4.69, 9.17) is 0 Å². The lowest BCUT2D eigenvalue weighted by atomic mass is 9.44. The van der Waals surface area contributed by atoms with Crippen LogP contribution < -0.4 is 0 Å². The van der Waals surface area contributed by atoms with E-state index >= 15 is 0 Å². The van der Waals surface area contributed by atoms with Crippen LogP contribution in [0.2, 0.25) is 0 Å². The molecule has 4 aliphatic rings. The number of carbonyl (C=O) groups excluding carboxylic acids is 1. The molecule has 0 heterocycles. The molecule has 4 bridgehead atoms. The highest BCUT2D eigenvalue weighted by Gasteiger charge is 2.59. The number of rotatable bonds is 5. The first-order valence-corrected chi connectivity index (χ1v) is 9.48. The number of amides is 1. The third-order valence-electron chi connectivity index (χ3n) is 6.04. The van der Waals surface area contributed by atoms with E-state index in [-0.39, 0.29) is 5.41 Å². The van der Waals surface area contributed by atoms with Gasteiger partial charge >= 0.3 is 0 Å². The minimum absolute atomic E-state index is 0.0150. The average Bonchev–Trinajstić information content (AvgIpc) is 2.36. The van der Waals surface area contributed by atoms with Crippen LogP contribution in [0.25, 0.3) is 0 Å². The predicted molar refractivity (Wildman–Crippen MR) is 85.9 cm³/mol. The Labute approximate surface area is 131 Å². The molecule has 0 aromatic heterocycles. The van der Waals surface area contributed by atoms with E-state index < -0.39 is 0 Å². The van der Waals surface area contributed by atoms with Crippen molar-refractivity contribution >= 4 is 21.8 Å². The Morgan fingerprint density at radius 1 is 1.25 bits per heavy atom. The highest BCUT2D eigenvalue weighted by atomic mass is 79.9. The van der Waals surface area contributed by atoms with Gasteiger partial charge in [-0.25, -0.2) is 0 Å². The van der Waals surface area contributed by atoms with Crippen molar-refractivity contribution in [1.29, 1.82) is 0 Å². The van der Waals surface area contributed by atoms with Crippen molar-refractivity contribution < 1.29 is 4.79 Å². The first-order chi connectivity index (χ1) is 9.50. The van der Waals surface area contributed by atoms with Crippen LogP contribution in [0.5, 0.6) is 0 Å². The number of alkyl halides is 1. The van der Waals surface area contributed by atoms with Gasteiger partial charge in [-0.15, -0.1) is 0 Å². The van der Waals surface area contributed by atoms with Crippen LogP contribution in [0.3, 0.4) is 0 Å². The van der Waals surface area contributed by atoms with Crippen molar-refractivity contribution in [3.05, 3.63) is 0 Å². The van der Waals surface area contributed by atoms with Gasteiger partial charge in [0.1, 0.15) is 0 Å². The summed E-state index contributed by atoms with van der Waals surface area (Å²) < 4.78 is 0. The van der Waals surface area contributed by atoms with Crippen LogP contribution in [0.4, 0.5) is 0 Å². The minimum atomic E-state index is 0.0150. The van der Waals surface area contributed by atoms with Gasteiger partial charge in [0.25, 0.3) is 0 Å². The maximum atomic E-state index is 13.2. The van der Waals surface area contributed by atoms with Gasteiger partial charge in [0.15, 0.2) is 0 Å². The molecule has 1 amide bonds. The summed E-state index contributed by atoms with van der Waals surface area (Å²) in [4.78, 5) is 15.3. The summed E-state index contributed by atoms with van der Waals surface area (Å²) >= 11 is 3.49. The number of hydrogen-bond donors (Lipinski definition) is 0. The molecule has 2 atom stereocenters. The zero-order chi connectivity index (χ0) is 14.4. The summed E-state index contributed by atoms with van der Waals surface area (Å²) in [6.07, 6.45) is 8.76. The van der Waals surface area contributed by atoms with Crippen LogP contribution in [0.1, 0.15) is 58.8 Å². The molecule has 0 N–H and O–H groups in total. The zero-order valence-corrected chi connectivity index (χ0v) is 14.5. The van der Waals surface area contributed by atoms with Gasteiger partial charge in [0.2, 0.25) is 5.91 Å². The lowest BCUT2D eigenvalue weighted by Crippen LogP contribution is -2.57. The second-order valence-electron chi connectivity index (χ2n) is 7.98. The van der Waals surface area contributed by atoms with Crippen LogP contribution in [0.15, 0.2) is 0 Å². The molecule has 4 saturated carbocycles.